The number of rotatable bonds is 5. The van der Waals surface area contributed by atoms with Crippen LogP contribution in [0.5, 0.6) is 11.5 Å². The number of aromatic nitrogens is 1. The number of ether oxygens (including phenoxy) is 2. The number of amides is 1. The van der Waals surface area contributed by atoms with E-state index in [-0.39, 0.29) is 18.8 Å². The van der Waals surface area contributed by atoms with E-state index in [2.05, 4.69) is 15.2 Å². The highest BCUT2D eigenvalue weighted by atomic mass is 32.1. The van der Waals surface area contributed by atoms with Crippen molar-refractivity contribution in [2.75, 3.05) is 25.2 Å². The van der Waals surface area contributed by atoms with Gasteiger partial charge < -0.3 is 19.9 Å². The van der Waals surface area contributed by atoms with Crippen molar-refractivity contribution in [1.82, 2.24) is 9.88 Å². The van der Waals surface area contributed by atoms with Crippen LogP contribution in [0, 0.1) is 0 Å². The summed E-state index contributed by atoms with van der Waals surface area (Å²) >= 11 is 1.50. The molecule has 1 aromatic carbocycles. The molecule has 3 heterocycles. The molecule has 2 fully saturated rings. The maximum absolute atomic E-state index is 12.9. The minimum atomic E-state index is -0.494. The smallest absolute Gasteiger partial charge is 0.236 e. The van der Waals surface area contributed by atoms with E-state index in [1.165, 1.54) is 11.3 Å². The highest BCUT2D eigenvalue weighted by molar-refractivity contribution is 7.15. The van der Waals surface area contributed by atoms with E-state index in [0.717, 1.165) is 48.5 Å². The van der Waals surface area contributed by atoms with Gasteiger partial charge in [-0.05, 0) is 37.0 Å². The Morgan fingerprint density at radius 2 is 2.22 bits per heavy atom. The predicted octanol–water partition coefficient (Wildman–Crippen LogP) is 2.11. The molecule has 1 amide bonds. The number of carbonyl (C=O) groups excluding carboxylic acids is 1. The van der Waals surface area contributed by atoms with Crippen LogP contribution in [0.15, 0.2) is 24.4 Å². The molecule has 142 valence electrons. The van der Waals surface area contributed by atoms with Gasteiger partial charge in [-0.3, -0.25) is 9.69 Å². The van der Waals surface area contributed by atoms with E-state index in [9.17, 15) is 9.90 Å². The Bertz CT molecular complexity index is 880. The molecule has 8 heteroatoms. The molecule has 27 heavy (non-hydrogen) atoms. The zero-order valence-corrected chi connectivity index (χ0v) is 15.6. The number of thiazole rings is 1. The normalized spacial score (nSPS) is 22.8. The number of nitrogens with zero attached hydrogens (tertiary/aromatic N) is 2. The summed E-state index contributed by atoms with van der Waals surface area (Å²) in [5.41, 5.74) is 0.471. The Balaban J connectivity index is 1.26. The number of carbonyl (C=O) groups is 1. The van der Waals surface area contributed by atoms with Crippen molar-refractivity contribution in [1.29, 1.82) is 0 Å². The highest BCUT2D eigenvalue weighted by Gasteiger charge is 2.52. The van der Waals surface area contributed by atoms with Gasteiger partial charge in [-0.15, -0.1) is 11.3 Å². The first-order chi connectivity index (χ1) is 13.1. The second kappa shape index (κ2) is 6.47. The van der Waals surface area contributed by atoms with Gasteiger partial charge in [0, 0.05) is 30.7 Å². The molecule has 0 unspecified atom stereocenters. The Morgan fingerprint density at radius 1 is 1.37 bits per heavy atom. The lowest BCUT2D eigenvalue weighted by atomic mass is 9.94. The Labute approximate surface area is 160 Å². The number of aliphatic hydroxyl groups is 1. The lowest BCUT2D eigenvalue weighted by molar-refractivity contribution is -0.118. The summed E-state index contributed by atoms with van der Waals surface area (Å²) in [5.74, 6) is 1.42. The molecule has 2 aromatic rings. The van der Waals surface area contributed by atoms with Crippen LogP contribution in [0.1, 0.15) is 29.7 Å². The van der Waals surface area contributed by atoms with Crippen molar-refractivity contribution in [3.63, 3.8) is 0 Å². The molecule has 1 saturated carbocycles. The first-order valence-corrected chi connectivity index (χ1v) is 10.0. The standard InChI is InChI=1S/C19H21N3O4S/c23-13-3-6-22(9-13)10-14-8-20-18(27-14)21-17(24)19(4-5-19)12-1-2-15-16(7-12)26-11-25-15/h1-2,7-8,13,23H,3-6,9-11H2,(H,20,21,24)/t13-/m1/s1. The zero-order valence-electron chi connectivity index (χ0n) is 14.8. The average Bonchev–Trinajstić information content (AvgIpc) is 2.95. The monoisotopic (exact) mass is 387 g/mol. The van der Waals surface area contributed by atoms with Crippen LogP contribution < -0.4 is 14.8 Å². The number of aliphatic hydroxyl groups excluding tert-OH is 1. The van der Waals surface area contributed by atoms with Crippen molar-refractivity contribution < 1.29 is 19.4 Å². The summed E-state index contributed by atoms with van der Waals surface area (Å²) < 4.78 is 10.8. The molecular formula is C19H21N3O4S. The Kier molecular flexibility index (Phi) is 4.07. The topological polar surface area (TPSA) is 83.9 Å². The van der Waals surface area contributed by atoms with E-state index >= 15 is 0 Å². The summed E-state index contributed by atoms with van der Waals surface area (Å²) in [7, 11) is 0. The highest BCUT2D eigenvalue weighted by Crippen LogP contribution is 2.51. The quantitative estimate of drug-likeness (QED) is 0.818. The molecule has 1 aromatic heterocycles. The van der Waals surface area contributed by atoms with E-state index in [1.807, 2.05) is 24.4 Å². The van der Waals surface area contributed by atoms with Crippen molar-refractivity contribution >= 4 is 22.4 Å². The molecule has 1 aliphatic carbocycles. The van der Waals surface area contributed by atoms with Crippen LogP contribution in [0.4, 0.5) is 5.13 Å². The molecule has 0 spiro atoms. The first kappa shape index (κ1) is 17.0. The summed E-state index contributed by atoms with van der Waals surface area (Å²) in [4.78, 5) is 20.6. The molecular weight excluding hydrogens is 366 g/mol. The van der Waals surface area contributed by atoms with E-state index in [4.69, 9.17) is 9.47 Å². The molecule has 7 nitrogen and oxygen atoms in total. The summed E-state index contributed by atoms with van der Waals surface area (Å²) in [6.45, 7) is 2.59. The maximum Gasteiger partial charge on any atom is 0.236 e. The second-order valence-electron chi connectivity index (χ2n) is 7.41. The number of anilines is 1. The molecule has 0 radical (unpaired) electrons. The fraction of sp³-hybridized carbons (Fsp3) is 0.474. The molecule has 0 bridgehead atoms. The van der Waals surface area contributed by atoms with Crippen LogP contribution >= 0.6 is 11.3 Å². The van der Waals surface area contributed by atoms with Crippen molar-refractivity contribution in [2.45, 2.75) is 37.3 Å². The van der Waals surface area contributed by atoms with Gasteiger partial charge in [-0.1, -0.05) is 6.07 Å². The number of likely N-dealkylation sites (tertiary alicyclic amines) is 1. The van der Waals surface area contributed by atoms with Gasteiger partial charge in [0.15, 0.2) is 16.6 Å². The Morgan fingerprint density at radius 3 is 3.00 bits per heavy atom. The van der Waals surface area contributed by atoms with Gasteiger partial charge in [-0.25, -0.2) is 4.98 Å². The minimum Gasteiger partial charge on any atom is -0.454 e. The number of fused-ring (bicyclic) bond motifs is 1. The van der Waals surface area contributed by atoms with Gasteiger partial charge in [-0.2, -0.15) is 0 Å². The largest absolute Gasteiger partial charge is 0.454 e. The third-order valence-corrected chi connectivity index (χ3v) is 6.41. The van der Waals surface area contributed by atoms with Crippen LogP contribution in [-0.4, -0.2) is 46.9 Å². The number of hydrogen-bond acceptors (Lipinski definition) is 7. The van der Waals surface area contributed by atoms with E-state index in [0.29, 0.717) is 17.4 Å². The van der Waals surface area contributed by atoms with Gasteiger partial charge in [0.05, 0.1) is 11.5 Å². The number of hydrogen-bond donors (Lipinski definition) is 2. The van der Waals surface area contributed by atoms with Gasteiger partial charge >= 0.3 is 0 Å². The SMILES string of the molecule is O=C(Nc1ncc(CN2CC[C@@H](O)C2)s1)C1(c2ccc3c(c2)OCO3)CC1. The van der Waals surface area contributed by atoms with E-state index < -0.39 is 5.41 Å². The second-order valence-corrected chi connectivity index (χ2v) is 8.53. The summed E-state index contributed by atoms with van der Waals surface area (Å²) in [6.07, 6.45) is 4.05. The fourth-order valence-electron chi connectivity index (χ4n) is 3.80. The van der Waals surface area contributed by atoms with Gasteiger partial charge in [0.1, 0.15) is 0 Å². The summed E-state index contributed by atoms with van der Waals surface area (Å²) in [6, 6.07) is 5.74. The third-order valence-electron chi connectivity index (χ3n) is 5.51. The molecule has 5 rings (SSSR count). The minimum absolute atomic E-state index is 0.0149. The molecule has 2 aliphatic heterocycles. The van der Waals surface area contributed by atoms with Gasteiger partial charge in [0.2, 0.25) is 12.7 Å². The van der Waals surface area contributed by atoms with E-state index in [1.54, 1.807) is 0 Å². The number of β-amino-alcohol motifs (C(OH)–C–C–N with tert-alkyl or cyclic N) is 1. The lowest BCUT2D eigenvalue weighted by Crippen LogP contribution is -2.27. The van der Waals surface area contributed by atoms with Crippen LogP contribution in [0.2, 0.25) is 0 Å². The zero-order chi connectivity index (χ0) is 18.4. The number of benzene rings is 1. The summed E-state index contributed by atoms with van der Waals surface area (Å²) in [5, 5.41) is 13.3. The van der Waals surface area contributed by atoms with Crippen LogP contribution in [-0.2, 0) is 16.8 Å². The molecule has 1 atom stereocenters. The molecule has 1 saturated heterocycles. The molecule has 2 N–H and O–H groups in total. The van der Waals surface area contributed by atoms with Crippen molar-refractivity contribution in [3.8, 4) is 11.5 Å². The first-order valence-electron chi connectivity index (χ1n) is 9.19. The molecule has 3 aliphatic rings. The lowest BCUT2D eigenvalue weighted by Gasteiger charge is -2.15. The number of nitrogens with one attached hydrogen (secondary N) is 1. The van der Waals surface area contributed by atoms with Crippen molar-refractivity contribution in [3.05, 3.63) is 34.8 Å². The van der Waals surface area contributed by atoms with Crippen LogP contribution in [0.25, 0.3) is 0 Å². The van der Waals surface area contributed by atoms with Crippen molar-refractivity contribution in [2.24, 2.45) is 0 Å². The maximum atomic E-state index is 12.9. The Hall–Kier alpha value is -2.16. The van der Waals surface area contributed by atoms with Gasteiger partial charge in [0.25, 0.3) is 0 Å². The van der Waals surface area contributed by atoms with Crippen LogP contribution in [0.3, 0.4) is 0 Å². The third kappa shape index (κ3) is 3.18. The average molecular weight is 387 g/mol. The fourth-order valence-corrected chi connectivity index (χ4v) is 4.65. The predicted molar refractivity (Wildman–Crippen MR) is 100 cm³/mol.